The number of hydrogen-bond acceptors (Lipinski definition) is 4. The number of aliphatic hydroxyl groups is 1. The van der Waals surface area contributed by atoms with Crippen LogP contribution in [0.3, 0.4) is 0 Å². The SMILES string of the molecule is Cc1ccc([C@@H]2[C@H](S(C)(=O)=O)[C@@]2(CO)C(=O)O)cc1. The highest BCUT2D eigenvalue weighted by atomic mass is 32.2. The summed E-state index contributed by atoms with van der Waals surface area (Å²) < 4.78 is 23.5. The van der Waals surface area contributed by atoms with E-state index in [9.17, 15) is 23.4 Å². The molecule has 19 heavy (non-hydrogen) atoms. The Kier molecular flexibility index (Phi) is 3.18. The number of carboxylic acid groups (broad SMARTS) is 1. The van der Waals surface area contributed by atoms with E-state index in [-0.39, 0.29) is 0 Å². The molecule has 1 saturated carbocycles. The normalized spacial score (nSPS) is 30.1. The Balaban J connectivity index is 2.50. The minimum Gasteiger partial charge on any atom is -0.481 e. The Hall–Kier alpha value is -1.40. The van der Waals surface area contributed by atoms with Crippen molar-refractivity contribution in [3.05, 3.63) is 35.4 Å². The molecule has 1 aliphatic carbocycles. The molecule has 5 nitrogen and oxygen atoms in total. The zero-order valence-corrected chi connectivity index (χ0v) is 11.5. The number of carboxylic acids is 1. The molecule has 0 bridgehead atoms. The zero-order chi connectivity index (χ0) is 14.4. The highest BCUT2D eigenvalue weighted by molar-refractivity contribution is 7.91. The van der Waals surface area contributed by atoms with E-state index >= 15 is 0 Å². The first-order chi connectivity index (χ1) is 8.75. The van der Waals surface area contributed by atoms with Crippen LogP contribution in [0.4, 0.5) is 0 Å². The third-order valence-corrected chi connectivity index (χ3v) is 5.43. The van der Waals surface area contributed by atoms with Crippen LogP contribution in [0.2, 0.25) is 0 Å². The summed E-state index contributed by atoms with van der Waals surface area (Å²) in [6.07, 6.45) is 1.01. The third kappa shape index (κ3) is 2.04. The Labute approximate surface area is 111 Å². The van der Waals surface area contributed by atoms with Crippen molar-refractivity contribution in [2.24, 2.45) is 5.41 Å². The number of aliphatic hydroxyl groups excluding tert-OH is 1. The zero-order valence-electron chi connectivity index (χ0n) is 10.7. The van der Waals surface area contributed by atoms with Crippen molar-refractivity contribution >= 4 is 15.8 Å². The summed E-state index contributed by atoms with van der Waals surface area (Å²) in [5.74, 6) is -1.96. The molecule has 0 aliphatic heterocycles. The monoisotopic (exact) mass is 284 g/mol. The molecule has 3 atom stereocenters. The molecule has 1 aliphatic rings. The van der Waals surface area contributed by atoms with Crippen LogP contribution in [0.15, 0.2) is 24.3 Å². The predicted octanol–water partition coefficient (Wildman–Crippen LogP) is 0.569. The Bertz CT molecular complexity index is 604. The summed E-state index contributed by atoms with van der Waals surface area (Å²) in [6, 6.07) is 7.05. The minimum atomic E-state index is -3.54. The number of carbonyl (C=O) groups is 1. The van der Waals surface area contributed by atoms with Gasteiger partial charge in [-0.25, -0.2) is 8.42 Å². The molecule has 1 aromatic carbocycles. The maximum atomic E-state index is 11.7. The van der Waals surface area contributed by atoms with E-state index in [1.54, 1.807) is 24.3 Å². The van der Waals surface area contributed by atoms with Crippen LogP contribution in [-0.2, 0) is 14.6 Å². The molecule has 1 aromatic rings. The molecule has 0 radical (unpaired) electrons. The highest BCUT2D eigenvalue weighted by Gasteiger charge is 2.74. The van der Waals surface area contributed by atoms with Crippen molar-refractivity contribution < 1.29 is 23.4 Å². The van der Waals surface area contributed by atoms with Crippen LogP contribution >= 0.6 is 0 Å². The van der Waals surface area contributed by atoms with Gasteiger partial charge in [0, 0.05) is 12.2 Å². The van der Waals surface area contributed by atoms with Gasteiger partial charge in [-0.3, -0.25) is 4.79 Å². The number of rotatable bonds is 4. The maximum absolute atomic E-state index is 11.7. The summed E-state index contributed by atoms with van der Waals surface area (Å²) >= 11 is 0. The number of aryl methyl sites for hydroxylation is 1. The van der Waals surface area contributed by atoms with Crippen molar-refractivity contribution in [3.63, 3.8) is 0 Å². The van der Waals surface area contributed by atoms with E-state index in [0.717, 1.165) is 11.8 Å². The van der Waals surface area contributed by atoms with Gasteiger partial charge >= 0.3 is 5.97 Å². The van der Waals surface area contributed by atoms with Gasteiger partial charge in [0.2, 0.25) is 0 Å². The molecule has 0 aromatic heterocycles. The average Bonchev–Trinajstić information content (AvgIpc) is 3.00. The third-order valence-electron chi connectivity index (χ3n) is 3.81. The lowest BCUT2D eigenvalue weighted by molar-refractivity contribution is -0.145. The van der Waals surface area contributed by atoms with Crippen molar-refractivity contribution in [2.45, 2.75) is 18.1 Å². The second kappa shape index (κ2) is 4.31. The van der Waals surface area contributed by atoms with Crippen LogP contribution in [0.25, 0.3) is 0 Å². The van der Waals surface area contributed by atoms with Crippen LogP contribution in [0.1, 0.15) is 17.0 Å². The molecule has 0 heterocycles. The molecule has 2 N–H and O–H groups in total. The van der Waals surface area contributed by atoms with Crippen molar-refractivity contribution in [2.75, 3.05) is 12.9 Å². The molecule has 6 heteroatoms. The van der Waals surface area contributed by atoms with Gasteiger partial charge in [-0.15, -0.1) is 0 Å². The largest absolute Gasteiger partial charge is 0.481 e. The van der Waals surface area contributed by atoms with Crippen LogP contribution in [0, 0.1) is 12.3 Å². The Morgan fingerprint density at radius 3 is 2.16 bits per heavy atom. The average molecular weight is 284 g/mol. The smallest absolute Gasteiger partial charge is 0.314 e. The van der Waals surface area contributed by atoms with Gasteiger partial charge in [-0.05, 0) is 12.5 Å². The lowest BCUT2D eigenvalue weighted by atomic mass is 9.99. The Morgan fingerprint density at radius 2 is 1.84 bits per heavy atom. The maximum Gasteiger partial charge on any atom is 0.314 e. The first-order valence-corrected chi connectivity index (χ1v) is 7.80. The van der Waals surface area contributed by atoms with Crippen LogP contribution in [-0.4, -0.2) is 42.7 Å². The lowest BCUT2D eigenvalue weighted by Gasteiger charge is -2.08. The fourth-order valence-electron chi connectivity index (χ4n) is 2.79. The molecule has 1 fully saturated rings. The van der Waals surface area contributed by atoms with Crippen LogP contribution in [0.5, 0.6) is 0 Å². The molecule has 2 rings (SSSR count). The van der Waals surface area contributed by atoms with E-state index in [2.05, 4.69) is 0 Å². The Morgan fingerprint density at radius 1 is 1.32 bits per heavy atom. The highest BCUT2D eigenvalue weighted by Crippen LogP contribution is 2.62. The summed E-state index contributed by atoms with van der Waals surface area (Å²) in [5.41, 5.74) is 0.0331. The molecule has 104 valence electrons. The predicted molar refractivity (Wildman–Crippen MR) is 69.7 cm³/mol. The lowest BCUT2D eigenvalue weighted by Crippen LogP contribution is -2.27. The van der Waals surface area contributed by atoms with Gasteiger partial charge in [0.15, 0.2) is 9.84 Å². The summed E-state index contributed by atoms with van der Waals surface area (Å²) in [6.45, 7) is 1.21. The number of aliphatic carboxylic acids is 1. The van der Waals surface area contributed by atoms with E-state index in [4.69, 9.17) is 0 Å². The number of hydrogen-bond donors (Lipinski definition) is 2. The van der Waals surface area contributed by atoms with E-state index in [1.807, 2.05) is 6.92 Å². The van der Waals surface area contributed by atoms with Crippen molar-refractivity contribution in [3.8, 4) is 0 Å². The quantitative estimate of drug-likeness (QED) is 0.843. The summed E-state index contributed by atoms with van der Waals surface area (Å²) in [5, 5.41) is 17.6. The second-order valence-corrected chi connectivity index (χ2v) is 7.31. The summed E-state index contributed by atoms with van der Waals surface area (Å²) in [7, 11) is -3.54. The van der Waals surface area contributed by atoms with E-state index in [0.29, 0.717) is 5.56 Å². The van der Waals surface area contributed by atoms with Gasteiger partial charge in [0.1, 0.15) is 5.41 Å². The van der Waals surface area contributed by atoms with Gasteiger partial charge in [-0.1, -0.05) is 29.8 Å². The standard InChI is InChI=1S/C13H16O5S/c1-8-3-5-9(6-4-8)10-11(19(2,17)18)13(10,7-14)12(15)16/h3-6,10-11,14H,7H2,1-2H3,(H,15,16)/t10-,11+,13+/m1/s1. The second-order valence-electron chi connectivity index (χ2n) is 5.14. The van der Waals surface area contributed by atoms with E-state index in [1.165, 1.54) is 0 Å². The van der Waals surface area contributed by atoms with Gasteiger partial charge in [0.25, 0.3) is 0 Å². The number of sulfone groups is 1. The summed E-state index contributed by atoms with van der Waals surface area (Å²) in [4.78, 5) is 11.4. The molecule has 0 saturated heterocycles. The molecular formula is C13H16O5S. The molecular weight excluding hydrogens is 268 g/mol. The van der Waals surface area contributed by atoms with Gasteiger partial charge < -0.3 is 10.2 Å². The fraction of sp³-hybridized carbons (Fsp3) is 0.462. The first kappa shape index (κ1) is 14.0. The number of benzene rings is 1. The molecule has 0 spiro atoms. The van der Waals surface area contributed by atoms with Crippen LogP contribution < -0.4 is 0 Å². The van der Waals surface area contributed by atoms with Gasteiger partial charge in [-0.2, -0.15) is 0 Å². The van der Waals surface area contributed by atoms with Crippen molar-refractivity contribution in [1.29, 1.82) is 0 Å². The minimum absolute atomic E-state index is 0.637. The van der Waals surface area contributed by atoms with Crippen molar-refractivity contribution in [1.82, 2.24) is 0 Å². The van der Waals surface area contributed by atoms with E-state index < -0.39 is 39.0 Å². The molecule has 0 amide bonds. The fourth-order valence-corrected chi connectivity index (χ4v) is 4.69. The first-order valence-electron chi connectivity index (χ1n) is 5.85. The van der Waals surface area contributed by atoms with Gasteiger partial charge in [0.05, 0.1) is 11.9 Å². The topological polar surface area (TPSA) is 91.7 Å². The molecule has 0 unspecified atom stereocenters.